The van der Waals surface area contributed by atoms with E-state index in [0.717, 1.165) is 50.7 Å². The van der Waals surface area contributed by atoms with E-state index in [-0.39, 0.29) is 12.0 Å². The van der Waals surface area contributed by atoms with Crippen LogP contribution in [-0.4, -0.2) is 39.2 Å². The Morgan fingerprint density at radius 1 is 1.31 bits per heavy atom. The van der Waals surface area contributed by atoms with Gasteiger partial charge in [0.15, 0.2) is 0 Å². The van der Waals surface area contributed by atoms with Crippen molar-refractivity contribution < 1.29 is 9.53 Å². The van der Waals surface area contributed by atoms with Gasteiger partial charge in [-0.25, -0.2) is 0 Å². The molecule has 3 aliphatic carbocycles. The molecule has 1 amide bonds. The molecule has 1 saturated carbocycles. The Bertz CT molecular complexity index is 677. The molecule has 0 aliphatic heterocycles. The Balaban J connectivity index is 1.41. The smallest absolute Gasteiger partial charge is 0.226 e. The van der Waals surface area contributed by atoms with Crippen molar-refractivity contribution in [3.63, 3.8) is 0 Å². The fourth-order valence-electron chi connectivity index (χ4n) is 4.34. The van der Waals surface area contributed by atoms with E-state index in [1.54, 1.807) is 0 Å². The zero-order chi connectivity index (χ0) is 18.1. The molecule has 5 heteroatoms. The second-order valence-corrected chi connectivity index (χ2v) is 8.23. The van der Waals surface area contributed by atoms with Crippen molar-refractivity contribution in [1.82, 2.24) is 15.1 Å². The standard InChI is InChI=1S/C21H31N3O2/c1-3-14(2)26-19-9-4-15(5-10-19)21(25)24(17-6-7-17)18-8-11-20-16(12-18)13-22-23-20/h9,13-15,17-18H,3-8,10-12H2,1-2H3,(H,22,23)/t14?,15-,18?/m1/s1. The second kappa shape index (κ2) is 7.45. The van der Waals surface area contributed by atoms with Crippen molar-refractivity contribution >= 4 is 5.91 Å². The van der Waals surface area contributed by atoms with Crippen LogP contribution in [-0.2, 0) is 22.4 Å². The summed E-state index contributed by atoms with van der Waals surface area (Å²) in [5.74, 6) is 1.59. The summed E-state index contributed by atoms with van der Waals surface area (Å²) in [4.78, 5) is 15.6. The van der Waals surface area contributed by atoms with Crippen molar-refractivity contribution in [2.24, 2.45) is 5.92 Å². The number of nitrogens with zero attached hydrogens (tertiary/aromatic N) is 2. The fraction of sp³-hybridized carbons (Fsp3) is 0.714. The third-order valence-electron chi connectivity index (χ3n) is 6.22. The number of carbonyl (C=O) groups excluding carboxylic acids is 1. The highest BCUT2D eigenvalue weighted by Crippen LogP contribution is 2.36. The molecule has 0 radical (unpaired) electrons. The van der Waals surface area contributed by atoms with Crippen LogP contribution in [0.5, 0.6) is 0 Å². The summed E-state index contributed by atoms with van der Waals surface area (Å²) in [7, 11) is 0. The molecule has 1 heterocycles. The Hall–Kier alpha value is -1.78. The Morgan fingerprint density at radius 3 is 2.85 bits per heavy atom. The minimum atomic E-state index is 0.130. The molecule has 5 nitrogen and oxygen atoms in total. The van der Waals surface area contributed by atoms with Crippen LogP contribution in [0.2, 0.25) is 0 Å². The van der Waals surface area contributed by atoms with Gasteiger partial charge >= 0.3 is 0 Å². The lowest BCUT2D eigenvalue weighted by atomic mass is 9.88. The first-order valence-corrected chi connectivity index (χ1v) is 10.3. The number of aromatic nitrogens is 2. The summed E-state index contributed by atoms with van der Waals surface area (Å²) in [6.45, 7) is 4.25. The predicted octanol–water partition coefficient (Wildman–Crippen LogP) is 3.76. The summed E-state index contributed by atoms with van der Waals surface area (Å²) in [6, 6.07) is 0.824. The molecule has 2 unspecified atom stereocenters. The number of H-pyrrole nitrogens is 1. The number of hydrogen-bond donors (Lipinski definition) is 1. The van der Waals surface area contributed by atoms with E-state index in [4.69, 9.17) is 4.74 Å². The molecule has 0 bridgehead atoms. The topological polar surface area (TPSA) is 58.2 Å². The summed E-state index contributed by atoms with van der Waals surface area (Å²) in [5.41, 5.74) is 2.56. The van der Waals surface area contributed by atoms with Crippen LogP contribution >= 0.6 is 0 Å². The SMILES string of the molecule is CCC(C)OC1=CC[C@@H](C(=O)N(C2CC2)C2CCc3[nH]ncc3C2)CC1. The average molecular weight is 357 g/mol. The van der Waals surface area contributed by atoms with E-state index in [9.17, 15) is 4.79 Å². The Labute approximate surface area is 156 Å². The third kappa shape index (κ3) is 3.67. The number of hydrogen-bond acceptors (Lipinski definition) is 3. The van der Waals surface area contributed by atoms with E-state index in [2.05, 4.69) is 35.0 Å². The quantitative estimate of drug-likeness (QED) is 0.843. The minimum absolute atomic E-state index is 0.130. The molecular formula is C21H31N3O2. The highest BCUT2D eigenvalue weighted by atomic mass is 16.5. The zero-order valence-corrected chi connectivity index (χ0v) is 16.0. The number of amides is 1. The number of nitrogens with one attached hydrogen (secondary N) is 1. The van der Waals surface area contributed by atoms with E-state index in [0.29, 0.717) is 18.0 Å². The van der Waals surface area contributed by atoms with Crippen LogP contribution in [0.3, 0.4) is 0 Å². The van der Waals surface area contributed by atoms with Crippen molar-refractivity contribution in [2.75, 3.05) is 0 Å². The number of allylic oxidation sites excluding steroid dienone is 2. The largest absolute Gasteiger partial charge is 0.495 e. The van der Waals surface area contributed by atoms with Gasteiger partial charge in [-0.05, 0) is 69.9 Å². The van der Waals surface area contributed by atoms with Crippen molar-refractivity contribution in [1.29, 1.82) is 0 Å². The van der Waals surface area contributed by atoms with Crippen molar-refractivity contribution in [3.8, 4) is 0 Å². The summed E-state index contributed by atoms with van der Waals surface area (Å²) >= 11 is 0. The van der Waals surface area contributed by atoms with Gasteiger partial charge in [-0.15, -0.1) is 0 Å². The lowest BCUT2D eigenvalue weighted by Gasteiger charge is -2.37. The third-order valence-corrected chi connectivity index (χ3v) is 6.22. The van der Waals surface area contributed by atoms with Crippen molar-refractivity contribution in [3.05, 3.63) is 29.3 Å². The molecule has 142 valence electrons. The maximum atomic E-state index is 13.3. The monoisotopic (exact) mass is 357 g/mol. The summed E-state index contributed by atoms with van der Waals surface area (Å²) in [5, 5.41) is 7.29. The number of ether oxygens (including phenoxy) is 1. The van der Waals surface area contributed by atoms with Crippen LogP contribution in [0, 0.1) is 5.92 Å². The number of aryl methyl sites for hydroxylation is 1. The number of aromatic amines is 1. The lowest BCUT2D eigenvalue weighted by Crippen LogP contribution is -2.47. The van der Waals surface area contributed by atoms with Gasteiger partial charge in [0, 0.05) is 30.1 Å². The zero-order valence-electron chi connectivity index (χ0n) is 16.0. The van der Waals surface area contributed by atoms with Gasteiger partial charge in [0.2, 0.25) is 5.91 Å². The molecule has 1 aromatic heterocycles. The Kier molecular flexibility index (Phi) is 5.05. The van der Waals surface area contributed by atoms with Gasteiger partial charge in [0.25, 0.3) is 0 Å². The van der Waals surface area contributed by atoms with Crippen LogP contribution in [0.4, 0.5) is 0 Å². The van der Waals surface area contributed by atoms with Crippen molar-refractivity contribution in [2.45, 2.75) is 89.8 Å². The molecule has 1 aromatic rings. The van der Waals surface area contributed by atoms with E-state index >= 15 is 0 Å². The normalized spacial score (nSPS) is 26.6. The van der Waals surface area contributed by atoms with Crippen LogP contribution in [0.25, 0.3) is 0 Å². The maximum Gasteiger partial charge on any atom is 0.226 e. The van der Waals surface area contributed by atoms with Gasteiger partial charge < -0.3 is 9.64 Å². The molecule has 3 aliphatic rings. The summed E-state index contributed by atoms with van der Waals surface area (Å²) in [6.07, 6.45) is 13.4. The highest BCUT2D eigenvalue weighted by molar-refractivity contribution is 5.80. The summed E-state index contributed by atoms with van der Waals surface area (Å²) < 4.78 is 5.96. The molecule has 4 rings (SSSR count). The van der Waals surface area contributed by atoms with Gasteiger partial charge in [0.1, 0.15) is 0 Å². The van der Waals surface area contributed by atoms with Gasteiger partial charge in [-0.3, -0.25) is 9.89 Å². The molecule has 26 heavy (non-hydrogen) atoms. The van der Waals surface area contributed by atoms with Gasteiger partial charge in [0.05, 0.1) is 18.1 Å². The molecule has 0 aromatic carbocycles. The van der Waals surface area contributed by atoms with E-state index in [1.165, 1.54) is 24.1 Å². The van der Waals surface area contributed by atoms with Gasteiger partial charge in [-0.2, -0.15) is 5.10 Å². The first-order valence-electron chi connectivity index (χ1n) is 10.3. The fourth-order valence-corrected chi connectivity index (χ4v) is 4.34. The van der Waals surface area contributed by atoms with E-state index in [1.807, 2.05) is 6.20 Å². The highest BCUT2D eigenvalue weighted by Gasteiger charge is 2.41. The van der Waals surface area contributed by atoms with Crippen LogP contribution in [0.1, 0.15) is 70.1 Å². The average Bonchev–Trinajstić information content (AvgIpc) is 3.38. The molecular weight excluding hydrogens is 326 g/mol. The lowest BCUT2D eigenvalue weighted by molar-refractivity contribution is -0.139. The Morgan fingerprint density at radius 2 is 2.15 bits per heavy atom. The first kappa shape index (κ1) is 17.6. The predicted molar refractivity (Wildman–Crippen MR) is 101 cm³/mol. The molecule has 0 spiro atoms. The molecule has 1 fully saturated rings. The number of fused-ring (bicyclic) bond motifs is 1. The van der Waals surface area contributed by atoms with Gasteiger partial charge in [-0.1, -0.05) is 6.92 Å². The second-order valence-electron chi connectivity index (χ2n) is 8.23. The first-order chi connectivity index (χ1) is 12.7. The molecule has 1 N–H and O–H groups in total. The number of carbonyl (C=O) groups is 1. The maximum absolute atomic E-state index is 13.3. The van der Waals surface area contributed by atoms with E-state index < -0.39 is 0 Å². The van der Waals surface area contributed by atoms with Crippen LogP contribution < -0.4 is 0 Å². The van der Waals surface area contributed by atoms with Crippen LogP contribution in [0.15, 0.2) is 18.0 Å². The molecule has 0 saturated heterocycles. The minimum Gasteiger partial charge on any atom is -0.495 e. The molecule has 3 atom stereocenters. The number of rotatable bonds is 6.